The molecule has 0 aliphatic heterocycles. The Morgan fingerprint density at radius 3 is 2.20 bits per heavy atom. The van der Waals surface area contributed by atoms with E-state index in [4.69, 9.17) is 17.2 Å². The molecule has 0 bridgehead atoms. The first-order chi connectivity index (χ1) is 9.54. The van der Waals surface area contributed by atoms with Crippen LogP contribution in [0.5, 0.6) is 0 Å². The number of nitrogens with two attached hydrogens (primary N) is 3. The summed E-state index contributed by atoms with van der Waals surface area (Å²) in [5.41, 5.74) is 20.5. The van der Waals surface area contributed by atoms with Crippen molar-refractivity contribution in [1.29, 1.82) is 0 Å². The van der Waals surface area contributed by atoms with Gasteiger partial charge in [0, 0.05) is 5.56 Å². The van der Waals surface area contributed by atoms with Crippen molar-refractivity contribution >= 4 is 28.7 Å². The summed E-state index contributed by atoms with van der Waals surface area (Å²) in [6.07, 6.45) is 0. The normalized spacial score (nSPS) is 10.8. The van der Waals surface area contributed by atoms with E-state index in [1.165, 1.54) is 0 Å². The number of hydrogen-bond donors (Lipinski definition) is 3. The van der Waals surface area contributed by atoms with E-state index in [2.05, 4.69) is 19.9 Å². The van der Waals surface area contributed by atoms with Gasteiger partial charge in [-0.1, -0.05) is 29.8 Å². The van der Waals surface area contributed by atoms with Gasteiger partial charge in [-0.05, 0) is 6.92 Å². The van der Waals surface area contributed by atoms with Crippen LogP contribution in [0.4, 0.5) is 17.6 Å². The summed E-state index contributed by atoms with van der Waals surface area (Å²) in [6, 6.07) is 7.80. The number of anilines is 3. The fourth-order valence-electron chi connectivity index (χ4n) is 1.92. The molecular weight excluding hydrogens is 254 g/mol. The van der Waals surface area contributed by atoms with Crippen molar-refractivity contribution in [3.63, 3.8) is 0 Å². The molecule has 0 saturated heterocycles. The van der Waals surface area contributed by atoms with Gasteiger partial charge in [0.05, 0.1) is 0 Å². The molecule has 7 heteroatoms. The second-order valence-electron chi connectivity index (χ2n) is 4.46. The summed E-state index contributed by atoms with van der Waals surface area (Å²) < 4.78 is 0. The molecule has 2 heterocycles. The Balaban J connectivity index is 2.26. The summed E-state index contributed by atoms with van der Waals surface area (Å²) in [7, 11) is 0. The Morgan fingerprint density at radius 1 is 0.800 bits per heavy atom. The zero-order valence-electron chi connectivity index (χ0n) is 10.8. The fraction of sp³-hybridized carbons (Fsp3) is 0.0769. The predicted molar refractivity (Wildman–Crippen MR) is 78.5 cm³/mol. The van der Waals surface area contributed by atoms with Gasteiger partial charge in [-0.15, -0.1) is 0 Å². The van der Waals surface area contributed by atoms with Crippen molar-refractivity contribution in [3.05, 3.63) is 29.8 Å². The molecule has 2 aromatic heterocycles. The topological polar surface area (TPSA) is 130 Å². The quantitative estimate of drug-likeness (QED) is 0.602. The van der Waals surface area contributed by atoms with Gasteiger partial charge >= 0.3 is 0 Å². The number of rotatable bonds is 1. The minimum Gasteiger partial charge on any atom is -0.382 e. The molecule has 20 heavy (non-hydrogen) atoms. The summed E-state index contributed by atoms with van der Waals surface area (Å²) in [6.45, 7) is 2.01. The maximum absolute atomic E-state index is 5.94. The van der Waals surface area contributed by atoms with Crippen molar-refractivity contribution in [2.24, 2.45) is 0 Å². The van der Waals surface area contributed by atoms with Crippen molar-refractivity contribution in [2.45, 2.75) is 6.92 Å². The van der Waals surface area contributed by atoms with Crippen LogP contribution < -0.4 is 17.2 Å². The van der Waals surface area contributed by atoms with E-state index in [9.17, 15) is 0 Å². The third-order valence-electron chi connectivity index (χ3n) is 2.93. The highest BCUT2D eigenvalue weighted by atomic mass is 15.1. The number of nitrogens with zero attached hydrogens (tertiary/aromatic N) is 4. The van der Waals surface area contributed by atoms with E-state index in [0.717, 1.165) is 11.1 Å². The minimum atomic E-state index is 0.0479. The van der Waals surface area contributed by atoms with E-state index in [-0.39, 0.29) is 17.6 Å². The monoisotopic (exact) mass is 267 g/mol. The van der Waals surface area contributed by atoms with Gasteiger partial charge in [0.2, 0.25) is 5.95 Å². The molecule has 6 N–H and O–H groups in total. The molecule has 100 valence electrons. The molecule has 0 fully saturated rings. The third-order valence-corrected chi connectivity index (χ3v) is 2.93. The van der Waals surface area contributed by atoms with Gasteiger partial charge in [-0.25, -0.2) is 9.97 Å². The number of benzene rings is 1. The molecule has 0 atom stereocenters. The average molecular weight is 267 g/mol. The number of fused-ring (bicyclic) bond motifs is 1. The highest BCUT2D eigenvalue weighted by Gasteiger charge is 2.12. The van der Waals surface area contributed by atoms with Crippen LogP contribution in [0.25, 0.3) is 22.4 Å². The molecular formula is C13H13N7. The van der Waals surface area contributed by atoms with E-state index >= 15 is 0 Å². The molecule has 0 aliphatic carbocycles. The lowest BCUT2D eigenvalue weighted by Gasteiger charge is -2.07. The zero-order valence-corrected chi connectivity index (χ0v) is 10.8. The minimum absolute atomic E-state index is 0.0479. The molecule has 3 aromatic rings. The van der Waals surface area contributed by atoms with Gasteiger partial charge in [0.15, 0.2) is 22.8 Å². The van der Waals surface area contributed by atoms with Crippen LogP contribution in [0.3, 0.4) is 0 Å². The summed E-state index contributed by atoms with van der Waals surface area (Å²) in [4.78, 5) is 16.5. The van der Waals surface area contributed by atoms with Crippen molar-refractivity contribution in [2.75, 3.05) is 17.2 Å². The predicted octanol–water partition coefficient (Wildman–Crippen LogP) is 1.14. The Hall–Kier alpha value is -2.96. The number of nitrogen functional groups attached to an aromatic ring is 3. The second-order valence-corrected chi connectivity index (χ2v) is 4.46. The smallest absolute Gasteiger partial charge is 0.224 e. The van der Waals surface area contributed by atoms with Crippen molar-refractivity contribution in [1.82, 2.24) is 19.9 Å². The zero-order chi connectivity index (χ0) is 14.3. The van der Waals surface area contributed by atoms with Crippen LogP contribution in [-0.2, 0) is 0 Å². The Bertz CT molecular complexity index is 796. The average Bonchev–Trinajstić information content (AvgIpc) is 2.39. The van der Waals surface area contributed by atoms with E-state index in [0.29, 0.717) is 16.9 Å². The molecule has 3 rings (SSSR count). The first kappa shape index (κ1) is 12.1. The largest absolute Gasteiger partial charge is 0.382 e. The van der Waals surface area contributed by atoms with Crippen molar-refractivity contribution < 1.29 is 0 Å². The van der Waals surface area contributed by atoms with Crippen LogP contribution >= 0.6 is 0 Å². The van der Waals surface area contributed by atoms with Crippen LogP contribution in [0, 0.1) is 6.92 Å². The lowest BCUT2D eigenvalue weighted by Crippen LogP contribution is -2.06. The van der Waals surface area contributed by atoms with Crippen LogP contribution in [0.15, 0.2) is 24.3 Å². The van der Waals surface area contributed by atoms with Crippen LogP contribution in [-0.4, -0.2) is 19.9 Å². The lowest BCUT2D eigenvalue weighted by atomic mass is 10.1. The molecule has 0 radical (unpaired) electrons. The molecule has 0 amide bonds. The Morgan fingerprint density at radius 2 is 1.50 bits per heavy atom. The van der Waals surface area contributed by atoms with Gasteiger partial charge in [0.1, 0.15) is 5.69 Å². The van der Waals surface area contributed by atoms with E-state index in [1.807, 2.05) is 31.2 Å². The Kier molecular flexibility index (Phi) is 2.60. The van der Waals surface area contributed by atoms with Gasteiger partial charge in [0.25, 0.3) is 0 Å². The molecule has 1 aromatic carbocycles. The van der Waals surface area contributed by atoms with Gasteiger partial charge < -0.3 is 17.2 Å². The van der Waals surface area contributed by atoms with Crippen LogP contribution in [0.2, 0.25) is 0 Å². The van der Waals surface area contributed by atoms with Gasteiger partial charge in [-0.3, -0.25) is 0 Å². The number of aromatic nitrogens is 4. The molecule has 0 saturated carbocycles. The maximum atomic E-state index is 5.94. The number of hydrogen-bond acceptors (Lipinski definition) is 7. The lowest BCUT2D eigenvalue weighted by molar-refractivity contribution is 1.17. The molecule has 7 nitrogen and oxygen atoms in total. The van der Waals surface area contributed by atoms with E-state index in [1.54, 1.807) is 0 Å². The number of aryl methyl sites for hydroxylation is 1. The highest BCUT2D eigenvalue weighted by molar-refractivity contribution is 5.87. The van der Waals surface area contributed by atoms with Crippen LogP contribution in [0.1, 0.15) is 5.56 Å². The van der Waals surface area contributed by atoms with Crippen molar-refractivity contribution in [3.8, 4) is 11.3 Å². The first-order valence-corrected chi connectivity index (χ1v) is 5.98. The summed E-state index contributed by atoms with van der Waals surface area (Å²) >= 11 is 0. The highest BCUT2D eigenvalue weighted by Crippen LogP contribution is 2.26. The fourth-order valence-corrected chi connectivity index (χ4v) is 1.92. The first-order valence-electron chi connectivity index (χ1n) is 5.98. The SMILES string of the molecule is Cc1ccc(-c2nc3c(N)nc(N)nc3nc2N)cc1. The second kappa shape index (κ2) is 4.30. The summed E-state index contributed by atoms with van der Waals surface area (Å²) in [5.74, 6) is 0.513. The summed E-state index contributed by atoms with van der Waals surface area (Å²) in [5, 5.41) is 0. The standard InChI is InChI=1S/C13H13N7/c1-6-2-4-7(5-3-6)8-10(14)18-12-9(17-8)11(15)19-13(16)20-12/h2-5H,1H3,(H6,14,15,16,18,19,20). The van der Waals surface area contributed by atoms with Gasteiger partial charge in [-0.2, -0.15) is 9.97 Å². The Labute approximate surface area is 114 Å². The molecule has 0 spiro atoms. The molecule has 0 aliphatic rings. The third kappa shape index (κ3) is 1.95. The van der Waals surface area contributed by atoms with E-state index < -0.39 is 0 Å². The maximum Gasteiger partial charge on any atom is 0.224 e. The molecule has 0 unspecified atom stereocenters.